The van der Waals surface area contributed by atoms with Crippen molar-refractivity contribution in [2.45, 2.75) is 57.7 Å². The molecule has 0 radical (unpaired) electrons. The molecule has 16 heteroatoms. The third-order valence-corrected chi connectivity index (χ3v) is 11.4. The van der Waals surface area contributed by atoms with Crippen LogP contribution in [0.25, 0.3) is 16.9 Å². The number of carbonyl (C=O) groups is 2. The van der Waals surface area contributed by atoms with E-state index in [0.29, 0.717) is 52.2 Å². The van der Waals surface area contributed by atoms with Gasteiger partial charge in [0.15, 0.2) is 11.5 Å². The number of nitrogens with one attached hydrogen (secondary N) is 3. The third kappa shape index (κ3) is 8.69. The second-order valence-electron chi connectivity index (χ2n) is 16.1. The normalized spacial score (nSPS) is 18.3. The van der Waals surface area contributed by atoms with Crippen molar-refractivity contribution in [2.75, 3.05) is 66.2 Å². The average molecular weight is 804 g/mol. The lowest BCUT2D eigenvalue weighted by Gasteiger charge is -2.40. The van der Waals surface area contributed by atoms with Crippen molar-refractivity contribution in [3.8, 4) is 5.82 Å². The van der Waals surface area contributed by atoms with Gasteiger partial charge in [-0.3, -0.25) is 24.6 Å². The topological polar surface area (TPSA) is 166 Å². The minimum Gasteiger partial charge on any atom is -0.384 e. The van der Waals surface area contributed by atoms with Crippen molar-refractivity contribution in [3.05, 3.63) is 101 Å². The predicted octanol–water partition coefficient (Wildman–Crippen LogP) is 4.53. The highest BCUT2D eigenvalue weighted by Gasteiger charge is 2.28. The Bertz CT molecular complexity index is 2410. The highest BCUT2D eigenvalue weighted by molar-refractivity contribution is 6.01. The molecule has 1 atom stereocenters. The fourth-order valence-electron chi connectivity index (χ4n) is 8.17. The number of aliphatic hydroxyl groups is 1. The van der Waals surface area contributed by atoms with Crippen LogP contribution in [0.4, 0.5) is 33.1 Å². The maximum Gasteiger partial charge on any atom is 0.278 e. The van der Waals surface area contributed by atoms with Crippen molar-refractivity contribution in [2.24, 2.45) is 5.92 Å². The Labute approximate surface area is 341 Å². The number of hydrogen-bond donors (Lipinski definition) is 4. The smallest absolute Gasteiger partial charge is 0.278 e. The number of piperazine rings is 1. The molecule has 3 aromatic heterocycles. The lowest BCUT2D eigenvalue weighted by atomic mass is 9.95. The molecule has 6 heterocycles. The summed E-state index contributed by atoms with van der Waals surface area (Å²) in [4.78, 5) is 57.8. The van der Waals surface area contributed by atoms with Gasteiger partial charge in [0.1, 0.15) is 22.8 Å². The zero-order valence-corrected chi connectivity index (χ0v) is 33.4. The van der Waals surface area contributed by atoms with E-state index in [1.54, 1.807) is 54.9 Å². The first-order chi connectivity index (χ1) is 28.4. The molecule has 3 fully saturated rings. The van der Waals surface area contributed by atoms with Crippen LogP contribution in [0, 0.1) is 11.7 Å². The van der Waals surface area contributed by atoms with E-state index in [1.807, 2.05) is 12.1 Å². The van der Waals surface area contributed by atoms with Crippen LogP contribution in [0.2, 0.25) is 0 Å². The van der Waals surface area contributed by atoms with E-state index in [0.717, 1.165) is 70.0 Å². The highest BCUT2D eigenvalue weighted by atomic mass is 19.1. The van der Waals surface area contributed by atoms with Crippen molar-refractivity contribution < 1.29 is 19.1 Å². The third-order valence-electron chi connectivity index (χ3n) is 11.4. The molecule has 3 aliphatic heterocycles. The largest absolute Gasteiger partial charge is 0.384 e. The fraction of sp³-hybridized carbons (Fsp3) is 0.395. The summed E-state index contributed by atoms with van der Waals surface area (Å²) in [5, 5.41) is 19.6. The van der Waals surface area contributed by atoms with Gasteiger partial charge in [-0.25, -0.2) is 23.7 Å². The monoisotopic (exact) mass is 803 g/mol. The zero-order chi connectivity index (χ0) is 41.3. The summed E-state index contributed by atoms with van der Waals surface area (Å²) in [7, 11) is 0. The van der Waals surface area contributed by atoms with Gasteiger partial charge >= 0.3 is 0 Å². The summed E-state index contributed by atoms with van der Waals surface area (Å²) >= 11 is 0. The standard InChI is InChI=1S/C43H50FN11O4/c1-4-18-54-41(58)32-26-45-42(50-39(32)55(54)37-7-5-6-36(48-37)43(2,3)59)47-29-8-11-31(12-9-29)52-19-16-28(17-20-52)27-51-21-23-53(24-22-51)35-14-10-30(25-33(35)44)46-34-13-15-38(56)49-40(34)57/h4-12,14,25-26,28,34,46,59H,1,13,15-24,27H2,2-3H3,(H,45,47,50)(H,49,56,57)/t34-/m0/s1. The van der Waals surface area contributed by atoms with E-state index >= 15 is 4.39 Å². The summed E-state index contributed by atoms with van der Waals surface area (Å²) in [6.45, 7) is 13.5. The van der Waals surface area contributed by atoms with Crippen LogP contribution in [0.1, 0.15) is 45.2 Å². The first-order valence-electron chi connectivity index (χ1n) is 20.2. The summed E-state index contributed by atoms with van der Waals surface area (Å²) in [6.07, 6.45) is 5.98. The van der Waals surface area contributed by atoms with Crippen LogP contribution in [-0.4, -0.2) is 98.0 Å². The molecular formula is C43H50FN11O4. The number of benzene rings is 2. The number of rotatable bonds is 12. The number of halogens is 1. The van der Waals surface area contributed by atoms with Gasteiger partial charge in [-0.1, -0.05) is 12.1 Å². The fourth-order valence-corrected chi connectivity index (χ4v) is 8.17. The maximum atomic E-state index is 15.2. The van der Waals surface area contributed by atoms with Gasteiger partial charge in [0, 0.05) is 75.5 Å². The van der Waals surface area contributed by atoms with Gasteiger partial charge in [0.2, 0.25) is 17.8 Å². The van der Waals surface area contributed by atoms with Gasteiger partial charge in [-0.05, 0) is 93.6 Å². The second-order valence-corrected chi connectivity index (χ2v) is 16.1. The van der Waals surface area contributed by atoms with Crippen LogP contribution >= 0.6 is 0 Å². The van der Waals surface area contributed by atoms with Crippen molar-refractivity contribution in [1.29, 1.82) is 0 Å². The number of piperidine rings is 2. The van der Waals surface area contributed by atoms with Gasteiger partial charge in [0.05, 0.1) is 17.9 Å². The molecule has 2 amide bonds. The number of aromatic nitrogens is 5. The maximum absolute atomic E-state index is 15.2. The Morgan fingerprint density at radius 1 is 0.932 bits per heavy atom. The van der Waals surface area contributed by atoms with E-state index in [4.69, 9.17) is 4.98 Å². The molecule has 59 heavy (non-hydrogen) atoms. The first kappa shape index (κ1) is 39.7. The van der Waals surface area contributed by atoms with E-state index in [9.17, 15) is 19.5 Å². The first-order valence-corrected chi connectivity index (χ1v) is 20.2. The van der Waals surface area contributed by atoms with Gasteiger partial charge in [-0.15, -0.1) is 6.58 Å². The lowest BCUT2D eigenvalue weighted by Crippen LogP contribution is -2.49. The van der Waals surface area contributed by atoms with Crippen LogP contribution in [0.5, 0.6) is 0 Å². The Hall–Kier alpha value is -6.13. The zero-order valence-electron chi connectivity index (χ0n) is 33.4. The molecule has 0 unspecified atom stereocenters. The van der Waals surface area contributed by atoms with E-state index in [2.05, 4.69) is 59.3 Å². The molecule has 3 aliphatic rings. The quantitative estimate of drug-likeness (QED) is 0.103. The van der Waals surface area contributed by atoms with Gasteiger partial charge in [-0.2, -0.15) is 4.98 Å². The number of allylic oxidation sites excluding steroid dienone is 1. The Morgan fingerprint density at radius 3 is 2.37 bits per heavy atom. The molecule has 5 aromatic rings. The molecule has 0 spiro atoms. The molecule has 2 aromatic carbocycles. The molecule has 308 valence electrons. The lowest BCUT2D eigenvalue weighted by molar-refractivity contribution is -0.133. The van der Waals surface area contributed by atoms with Crippen LogP contribution in [0.15, 0.2) is 84.3 Å². The molecule has 0 saturated carbocycles. The Balaban J connectivity index is 0.838. The summed E-state index contributed by atoms with van der Waals surface area (Å²) in [5.74, 6) is 0.378. The minimum atomic E-state index is -1.17. The summed E-state index contributed by atoms with van der Waals surface area (Å²) < 4.78 is 18.4. The number of anilines is 5. The number of nitrogens with zero attached hydrogens (tertiary/aromatic N) is 8. The van der Waals surface area contributed by atoms with Crippen LogP contribution in [0.3, 0.4) is 0 Å². The van der Waals surface area contributed by atoms with E-state index in [1.165, 1.54) is 16.9 Å². The molecular weight excluding hydrogens is 754 g/mol. The number of hydrogen-bond acceptors (Lipinski definition) is 12. The van der Waals surface area contributed by atoms with Crippen LogP contribution < -0.4 is 31.3 Å². The van der Waals surface area contributed by atoms with Crippen LogP contribution in [-0.2, 0) is 21.7 Å². The SMILES string of the molecule is C=CCn1c(=O)c2cnc(Nc3ccc(N4CCC(CN5CCN(c6ccc(N[C@H]7CCC(=O)NC7=O)cc6F)CC5)CC4)cc3)nc2n1-c1cccc(C(C)(C)O)n1. The Kier molecular flexibility index (Phi) is 11.2. The molecule has 8 rings (SSSR count). The van der Waals surface area contributed by atoms with Crippen molar-refractivity contribution in [1.82, 2.24) is 34.5 Å². The number of imide groups is 1. The minimum absolute atomic E-state index is 0.234. The molecule has 3 saturated heterocycles. The molecule has 4 N–H and O–H groups in total. The molecule has 0 bridgehead atoms. The number of pyridine rings is 1. The number of amides is 2. The number of fused-ring (bicyclic) bond motifs is 1. The molecule has 0 aliphatic carbocycles. The highest BCUT2D eigenvalue weighted by Crippen LogP contribution is 2.29. The Morgan fingerprint density at radius 2 is 1.68 bits per heavy atom. The average Bonchev–Trinajstić information content (AvgIpc) is 3.49. The summed E-state index contributed by atoms with van der Waals surface area (Å²) in [5.41, 5.74) is 2.45. The second kappa shape index (κ2) is 16.6. The summed E-state index contributed by atoms with van der Waals surface area (Å²) in [6, 6.07) is 17.9. The van der Waals surface area contributed by atoms with E-state index < -0.39 is 11.6 Å². The van der Waals surface area contributed by atoms with E-state index in [-0.39, 0.29) is 36.2 Å². The predicted molar refractivity (Wildman–Crippen MR) is 226 cm³/mol. The van der Waals surface area contributed by atoms with Gasteiger partial charge < -0.3 is 25.5 Å². The van der Waals surface area contributed by atoms with Gasteiger partial charge in [0.25, 0.3) is 5.56 Å². The number of carbonyl (C=O) groups excluding carboxylic acids is 2. The molecule has 15 nitrogen and oxygen atoms in total. The van der Waals surface area contributed by atoms with Crippen molar-refractivity contribution in [3.63, 3.8) is 0 Å². The van der Waals surface area contributed by atoms with Crippen molar-refractivity contribution >= 4 is 51.5 Å².